The molecule has 0 aliphatic heterocycles. The molecule has 2 N–H and O–H groups in total. The van der Waals surface area contributed by atoms with E-state index in [-0.39, 0.29) is 0 Å². The zero-order valence-electron chi connectivity index (χ0n) is 13.9. The van der Waals surface area contributed by atoms with Crippen LogP contribution < -0.4 is 20.2 Å². The fourth-order valence-corrected chi connectivity index (χ4v) is 2.52. The number of rotatable bonds is 8. The third-order valence-corrected chi connectivity index (χ3v) is 3.76. The van der Waals surface area contributed by atoms with Crippen LogP contribution in [0.5, 0.6) is 11.5 Å². The second-order valence-electron chi connectivity index (χ2n) is 4.92. The van der Waals surface area contributed by atoms with Gasteiger partial charge in [0.05, 0.1) is 6.21 Å². The average Bonchev–Trinajstić information content (AvgIpc) is 2.61. The van der Waals surface area contributed by atoms with Crippen LogP contribution in [-0.4, -0.2) is 31.1 Å². The lowest BCUT2D eigenvalue weighted by atomic mass is 10.2. The molecular formula is C18H20BrN3O2S. The molecule has 0 aromatic heterocycles. The van der Waals surface area contributed by atoms with Gasteiger partial charge in [0, 0.05) is 16.6 Å². The van der Waals surface area contributed by atoms with Crippen LogP contribution in [0.25, 0.3) is 0 Å². The van der Waals surface area contributed by atoms with Crippen molar-refractivity contribution >= 4 is 39.5 Å². The first kappa shape index (κ1) is 19.2. The van der Waals surface area contributed by atoms with Gasteiger partial charge in [-0.2, -0.15) is 5.10 Å². The van der Waals surface area contributed by atoms with Crippen LogP contribution in [0.1, 0.15) is 12.5 Å². The van der Waals surface area contributed by atoms with Crippen molar-refractivity contribution in [1.82, 2.24) is 10.7 Å². The Bertz CT molecular complexity index is 711. The molecule has 0 spiro atoms. The van der Waals surface area contributed by atoms with Crippen molar-refractivity contribution < 1.29 is 9.47 Å². The first-order valence-corrected chi connectivity index (χ1v) is 9.06. The van der Waals surface area contributed by atoms with Gasteiger partial charge in [-0.05, 0) is 49.5 Å². The average molecular weight is 422 g/mol. The molecule has 0 aliphatic rings. The smallest absolute Gasteiger partial charge is 0.186 e. The Morgan fingerprint density at radius 2 is 1.92 bits per heavy atom. The Morgan fingerprint density at radius 3 is 2.68 bits per heavy atom. The molecule has 0 amide bonds. The molecular weight excluding hydrogens is 402 g/mol. The fraction of sp³-hybridized carbons (Fsp3) is 0.222. The van der Waals surface area contributed by atoms with Gasteiger partial charge in [-0.3, -0.25) is 5.43 Å². The number of para-hydroxylation sites is 1. The quantitative estimate of drug-likeness (QED) is 0.294. The Balaban J connectivity index is 1.89. The minimum atomic E-state index is 0.431. The van der Waals surface area contributed by atoms with Crippen LogP contribution in [0.2, 0.25) is 0 Å². The third-order valence-electron chi connectivity index (χ3n) is 3.03. The summed E-state index contributed by atoms with van der Waals surface area (Å²) in [5.41, 5.74) is 3.60. The molecule has 0 saturated heterocycles. The maximum Gasteiger partial charge on any atom is 0.186 e. The SMILES string of the molecule is CCNC(=S)N/N=C/c1cc(Br)ccc1OCCOc1ccccc1. The lowest BCUT2D eigenvalue weighted by Crippen LogP contribution is -2.31. The van der Waals surface area contributed by atoms with E-state index in [9.17, 15) is 0 Å². The van der Waals surface area contributed by atoms with Crippen molar-refractivity contribution in [2.24, 2.45) is 5.10 Å². The van der Waals surface area contributed by atoms with Gasteiger partial charge >= 0.3 is 0 Å². The molecule has 25 heavy (non-hydrogen) atoms. The molecule has 7 heteroatoms. The summed E-state index contributed by atoms with van der Waals surface area (Å²) in [6.07, 6.45) is 1.67. The van der Waals surface area contributed by atoms with Crippen LogP contribution in [0, 0.1) is 0 Å². The van der Waals surface area contributed by atoms with Crippen LogP contribution in [0.3, 0.4) is 0 Å². The van der Waals surface area contributed by atoms with Crippen LogP contribution in [0.4, 0.5) is 0 Å². The van der Waals surface area contributed by atoms with Gasteiger partial charge in [-0.25, -0.2) is 0 Å². The summed E-state index contributed by atoms with van der Waals surface area (Å²) in [7, 11) is 0. The summed E-state index contributed by atoms with van der Waals surface area (Å²) in [4.78, 5) is 0. The number of thiocarbonyl (C=S) groups is 1. The van der Waals surface area contributed by atoms with Gasteiger partial charge in [0.2, 0.25) is 0 Å². The van der Waals surface area contributed by atoms with Gasteiger partial charge in [0.25, 0.3) is 0 Å². The molecule has 0 bridgehead atoms. The van der Waals surface area contributed by atoms with E-state index in [2.05, 4.69) is 31.8 Å². The van der Waals surface area contributed by atoms with Crippen LogP contribution >= 0.6 is 28.1 Å². The lowest BCUT2D eigenvalue weighted by molar-refractivity contribution is 0.217. The van der Waals surface area contributed by atoms with Crippen molar-refractivity contribution in [2.45, 2.75) is 6.92 Å². The maximum atomic E-state index is 5.81. The van der Waals surface area contributed by atoms with Crippen molar-refractivity contribution in [2.75, 3.05) is 19.8 Å². The highest BCUT2D eigenvalue weighted by molar-refractivity contribution is 9.10. The molecule has 0 saturated carbocycles. The van der Waals surface area contributed by atoms with E-state index >= 15 is 0 Å². The third kappa shape index (κ3) is 7.11. The largest absolute Gasteiger partial charge is 0.490 e. The molecule has 5 nitrogen and oxygen atoms in total. The molecule has 2 rings (SSSR count). The van der Waals surface area contributed by atoms with Gasteiger partial charge < -0.3 is 14.8 Å². The predicted octanol–water partition coefficient (Wildman–Crippen LogP) is 3.72. The Labute approximate surface area is 161 Å². The van der Waals surface area contributed by atoms with E-state index in [1.165, 1.54) is 0 Å². The molecule has 0 aliphatic carbocycles. The first-order valence-electron chi connectivity index (χ1n) is 7.86. The van der Waals surface area contributed by atoms with Crippen molar-refractivity contribution in [3.63, 3.8) is 0 Å². The minimum absolute atomic E-state index is 0.431. The lowest BCUT2D eigenvalue weighted by Gasteiger charge is -2.11. The summed E-state index contributed by atoms with van der Waals surface area (Å²) in [6, 6.07) is 15.4. The van der Waals surface area contributed by atoms with Crippen molar-refractivity contribution in [3.8, 4) is 11.5 Å². The van der Waals surface area contributed by atoms with E-state index in [1.807, 2.05) is 55.5 Å². The monoisotopic (exact) mass is 421 g/mol. The van der Waals surface area contributed by atoms with Crippen molar-refractivity contribution in [1.29, 1.82) is 0 Å². The van der Waals surface area contributed by atoms with E-state index in [4.69, 9.17) is 21.7 Å². The first-order chi connectivity index (χ1) is 12.2. The Kier molecular flexibility index (Phi) is 8.21. The summed E-state index contributed by atoms with van der Waals surface area (Å²) >= 11 is 8.52. The zero-order chi connectivity index (χ0) is 17.9. The number of benzene rings is 2. The molecule has 0 unspecified atom stereocenters. The van der Waals surface area contributed by atoms with Gasteiger partial charge in [-0.1, -0.05) is 34.1 Å². The molecule has 132 valence electrons. The highest BCUT2D eigenvalue weighted by atomic mass is 79.9. The predicted molar refractivity (Wildman–Crippen MR) is 109 cm³/mol. The Morgan fingerprint density at radius 1 is 1.16 bits per heavy atom. The summed E-state index contributed by atoms with van der Waals surface area (Å²) in [5.74, 6) is 1.55. The topological polar surface area (TPSA) is 54.9 Å². The highest BCUT2D eigenvalue weighted by Gasteiger charge is 2.03. The molecule has 0 radical (unpaired) electrons. The molecule has 0 heterocycles. The van der Waals surface area contributed by atoms with Gasteiger partial charge in [-0.15, -0.1) is 0 Å². The normalized spacial score (nSPS) is 10.5. The second kappa shape index (κ2) is 10.7. The number of ether oxygens (including phenoxy) is 2. The number of hydrogen-bond acceptors (Lipinski definition) is 4. The van der Waals surface area contributed by atoms with Crippen LogP contribution in [0.15, 0.2) is 58.1 Å². The van der Waals surface area contributed by atoms with E-state index in [0.29, 0.717) is 18.3 Å². The number of hydrogen-bond donors (Lipinski definition) is 2. The maximum absolute atomic E-state index is 5.81. The number of hydrazone groups is 1. The summed E-state index contributed by atoms with van der Waals surface area (Å²) in [6.45, 7) is 3.60. The minimum Gasteiger partial charge on any atom is -0.490 e. The van der Waals surface area contributed by atoms with Gasteiger partial charge in [0.15, 0.2) is 5.11 Å². The molecule has 2 aromatic carbocycles. The number of nitrogens with one attached hydrogen (secondary N) is 2. The van der Waals surface area contributed by atoms with Crippen LogP contribution in [-0.2, 0) is 0 Å². The fourth-order valence-electron chi connectivity index (χ4n) is 1.94. The van der Waals surface area contributed by atoms with Gasteiger partial charge in [0.1, 0.15) is 24.7 Å². The summed E-state index contributed by atoms with van der Waals surface area (Å²) < 4.78 is 12.4. The highest BCUT2D eigenvalue weighted by Crippen LogP contribution is 2.21. The van der Waals surface area contributed by atoms with Crippen molar-refractivity contribution in [3.05, 3.63) is 58.6 Å². The summed E-state index contributed by atoms with van der Waals surface area (Å²) in [5, 5.41) is 7.57. The van der Waals surface area contributed by atoms with E-state index in [1.54, 1.807) is 6.21 Å². The molecule has 2 aromatic rings. The Hall–Kier alpha value is -2.12. The van der Waals surface area contributed by atoms with E-state index < -0.39 is 0 Å². The second-order valence-corrected chi connectivity index (χ2v) is 6.25. The number of halogens is 1. The standard InChI is InChI=1S/C18H20BrN3O2S/c1-2-20-18(25)22-21-13-14-12-15(19)8-9-17(14)24-11-10-23-16-6-4-3-5-7-16/h3-9,12-13H,2,10-11H2,1H3,(H2,20,22,25)/b21-13+. The molecule has 0 fully saturated rings. The van der Waals surface area contributed by atoms with E-state index in [0.717, 1.165) is 28.1 Å². The molecule has 0 atom stereocenters. The zero-order valence-corrected chi connectivity index (χ0v) is 16.3. The number of nitrogens with zero attached hydrogens (tertiary/aromatic N) is 1.